The Balaban J connectivity index is 1.50. The van der Waals surface area contributed by atoms with Crippen LogP contribution in [0.3, 0.4) is 0 Å². The Morgan fingerprint density at radius 3 is 2.65 bits per heavy atom. The Morgan fingerprint density at radius 1 is 1.08 bits per heavy atom. The van der Waals surface area contributed by atoms with Crippen LogP contribution in [0.25, 0.3) is 33.5 Å². The fourth-order valence-corrected chi connectivity index (χ4v) is 5.77. The van der Waals surface area contributed by atoms with E-state index < -0.39 is 11.2 Å². The topological polar surface area (TPSA) is 93.3 Å². The minimum absolute atomic E-state index is 0.0339. The first-order valence-corrected chi connectivity index (χ1v) is 14.4. The van der Waals surface area contributed by atoms with Crippen LogP contribution < -0.4 is 4.90 Å². The van der Waals surface area contributed by atoms with Crippen LogP contribution in [0.5, 0.6) is 0 Å². The van der Waals surface area contributed by atoms with Crippen molar-refractivity contribution in [1.29, 1.82) is 0 Å². The lowest BCUT2D eigenvalue weighted by atomic mass is 10.0. The van der Waals surface area contributed by atoms with Crippen molar-refractivity contribution >= 4 is 28.0 Å². The molecule has 2 saturated heterocycles. The third-order valence-corrected chi connectivity index (χ3v) is 8.17. The molecule has 194 valence electrons. The van der Waals surface area contributed by atoms with E-state index in [-0.39, 0.29) is 12.3 Å². The quantitative estimate of drug-likeness (QED) is 0.365. The van der Waals surface area contributed by atoms with E-state index in [1.54, 1.807) is 6.26 Å². The molecule has 10 heteroatoms. The van der Waals surface area contributed by atoms with Crippen molar-refractivity contribution in [2.45, 2.75) is 43.4 Å². The van der Waals surface area contributed by atoms with Gasteiger partial charge in [0, 0.05) is 32.0 Å². The maximum absolute atomic E-state index is 12.0. The number of ether oxygens (including phenoxy) is 2. The predicted molar refractivity (Wildman–Crippen MR) is 144 cm³/mol. The van der Waals surface area contributed by atoms with E-state index in [1.807, 2.05) is 52.9 Å². The first-order valence-electron chi connectivity index (χ1n) is 12.8. The number of morpholine rings is 1. The molecule has 3 atom stereocenters. The Bertz CT molecular complexity index is 1390. The van der Waals surface area contributed by atoms with Gasteiger partial charge in [0.25, 0.3) is 0 Å². The van der Waals surface area contributed by atoms with Crippen molar-refractivity contribution in [2.75, 3.05) is 37.5 Å². The van der Waals surface area contributed by atoms with Crippen LogP contribution in [0.4, 0.5) is 5.82 Å². The molecule has 0 saturated carbocycles. The van der Waals surface area contributed by atoms with Gasteiger partial charge in [-0.2, -0.15) is 10.2 Å². The summed E-state index contributed by atoms with van der Waals surface area (Å²) in [6, 6.07) is 12.3. The number of hydrogen-bond acceptors (Lipinski definition) is 7. The molecular weight excluding hydrogens is 488 g/mol. The van der Waals surface area contributed by atoms with Crippen LogP contribution >= 0.6 is 0 Å². The van der Waals surface area contributed by atoms with E-state index in [0.717, 1.165) is 76.7 Å². The molecule has 4 aromatic rings. The summed E-state index contributed by atoms with van der Waals surface area (Å²) >= 11 is -1.03. The zero-order valence-electron chi connectivity index (χ0n) is 21.5. The molecular formula is C27H32N6O3S. The Morgan fingerprint density at radius 2 is 1.92 bits per heavy atom. The van der Waals surface area contributed by atoms with E-state index in [0.29, 0.717) is 13.2 Å². The van der Waals surface area contributed by atoms with Crippen LogP contribution in [0, 0.1) is 0 Å². The van der Waals surface area contributed by atoms with Crippen LogP contribution in [0.2, 0.25) is 0 Å². The number of nitrogens with zero attached hydrogens (tertiary/aromatic N) is 6. The number of benzene rings is 1. The third kappa shape index (κ3) is 4.63. The molecule has 6 rings (SSSR count). The minimum Gasteiger partial charge on any atom is -0.612 e. The number of aryl methyl sites for hydroxylation is 1. The number of rotatable bonds is 5. The first kappa shape index (κ1) is 24.4. The summed E-state index contributed by atoms with van der Waals surface area (Å²) in [6.45, 7) is 5.03. The van der Waals surface area contributed by atoms with Crippen molar-refractivity contribution < 1.29 is 14.0 Å². The highest BCUT2D eigenvalue weighted by Crippen LogP contribution is 2.37. The Labute approximate surface area is 219 Å². The van der Waals surface area contributed by atoms with Gasteiger partial charge >= 0.3 is 0 Å². The second kappa shape index (κ2) is 10.1. The lowest BCUT2D eigenvalue weighted by molar-refractivity contribution is -0.0393. The average molecular weight is 521 g/mol. The standard InChI is InChI=1S/C27H32N6O3S/c1-18-17-35-15-13-32(18)23-16-21(19-7-9-20(10-8-19)37(3)34)27-26(28-23)25(30-31(27)2)22-11-12-33(29-22)24-6-4-5-14-36-24/h7-12,16,18,24H,4-6,13-15,17H2,1-3H3/t18-,24?,37?/m1/s1. The first-order chi connectivity index (χ1) is 18.0. The molecule has 2 unspecified atom stereocenters. The van der Waals surface area contributed by atoms with E-state index in [4.69, 9.17) is 24.7 Å². The third-order valence-electron chi connectivity index (χ3n) is 7.24. The summed E-state index contributed by atoms with van der Waals surface area (Å²) in [4.78, 5) is 8.26. The summed E-state index contributed by atoms with van der Waals surface area (Å²) in [5, 5.41) is 9.77. The van der Waals surface area contributed by atoms with Crippen LogP contribution in [-0.4, -0.2) is 67.8 Å². The lowest BCUT2D eigenvalue weighted by Gasteiger charge is -2.34. The molecule has 1 aromatic carbocycles. The van der Waals surface area contributed by atoms with E-state index in [9.17, 15) is 4.55 Å². The molecule has 2 aliphatic heterocycles. The van der Waals surface area contributed by atoms with Gasteiger partial charge in [-0.15, -0.1) is 0 Å². The highest BCUT2D eigenvalue weighted by molar-refractivity contribution is 7.90. The smallest absolute Gasteiger partial charge is 0.152 e. The van der Waals surface area contributed by atoms with Gasteiger partial charge in [0.1, 0.15) is 35.2 Å². The number of anilines is 1. The lowest BCUT2D eigenvalue weighted by Crippen LogP contribution is -2.44. The second-order valence-corrected chi connectivity index (χ2v) is 11.2. The summed E-state index contributed by atoms with van der Waals surface area (Å²) in [7, 11) is 1.95. The van der Waals surface area contributed by atoms with E-state index >= 15 is 0 Å². The minimum atomic E-state index is -1.03. The molecule has 0 N–H and O–H groups in total. The fraction of sp³-hybridized carbons (Fsp3) is 0.444. The van der Waals surface area contributed by atoms with Crippen molar-refractivity contribution in [1.82, 2.24) is 24.5 Å². The maximum atomic E-state index is 12.0. The molecule has 2 fully saturated rings. The molecule has 0 aliphatic carbocycles. The van der Waals surface area contributed by atoms with Crippen LogP contribution in [0.15, 0.2) is 47.5 Å². The highest BCUT2D eigenvalue weighted by atomic mass is 32.2. The molecule has 5 heterocycles. The molecule has 0 spiro atoms. The Hall–Kier alpha value is -2.92. The molecule has 9 nitrogen and oxygen atoms in total. The van der Waals surface area contributed by atoms with Gasteiger partial charge in [-0.05, 0) is 79.3 Å². The molecule has 0 radical (unpaired) electrons. The van der Waals surface area contributed by atoms with Crippen molar-refractivity contribution in [3.8, 4) is 22.5 Å². The summed E-state index contributed by atoms with van der Waals surface area (Å²) in [6.07, 6.45) is 6.84. The van der Waals surface area contributed by atoms with Crippen LogP contribution in [0.1, 0.15) is 32.4 Å². The molecule has 0 bridgehead atoms. The summed E-state index contributed by atoms with van der Waals surface area (Å²) < 4.78 is 27.4. The number of hydrogen-bond donors (Lipinski definition) is 0. The summed E-state index contributed by atoms with van der Waals surface area (Å²) in [5.74, 6) is 0.894. The van der Waals surface area contributed by atoms with Gasteiger partial charge < -0.3 is 18.9 Å². The second-order valence-electron chi connectivity index (χ2n) is 9.80. The maximum Gasteiger partial charge on any atom is 0.152 e. The predicted octanol–water partition coefficient (Wildman–Crippen LogP) is 4.16. The summed E-state index contributed by atoms with van der Waals surface area (Å²) in [5.41, 5.74) is 5.34. The SMILES string of the molecule is C[C@@H]1COCCN1c1cc(-c2ccc([S+](C)[O-])cc2)c2c(n1)c(-c1ccn(C3CCCCO3)n1)nn2C. The monoisotopic (exact) mass is 520 g/mol. The van der Waals surface area contributed by atoms with Gasteiger partial charge in [0.2, 0.25) is 0 Å². The van der Waals surface area contributed by atoms with E-state index in [2.05, 4.69) is 17.9 Å². The zero-order valence-corrected chi connectivity index (χ0v) is 22.3. The van der Waals surface area contributed by atoms with Crippen molar-refractivity contribution in [3.05, 3.63) is 42.6 Å². The fourth-order valence-electron chi connectivity index (χ4n) is 5.26. The zero-order chi connectivity index (χ0) is 25.5. The van der Waals surface area contributed by atoms with E-state index in [1.165, 1.54) is 0 Å². The van der Waals surface area contributed by atoms with Gasteiger partial charge in [0.05, 0.1) is 24.8 Å². The Kier molecular flexibility index (Phi) is 6.66. The number of aromatic nitrogens is 5. The largest absolute Gasteiger partial charge is 0.612 e. The molecule has 37 heavy (non-hydrogen) atoms. The van der Waals surface area contributed by atoms with Gasteiger partial charge in [0.15, 0.2) is 4.90 Å². The number of fused-ring (bicyclic) bond motifs is 1. The van der Waals surface area contributed by atoms with Crippen LogP contribution in [-0.2, 0) is 27.7 Å². The van der Waals surface area contributed by atoms with Crippen molar-refractivity contribution in [3.63, 3.8) is 0 Å². The number of pyridine rings is 1. The van der Waals surface area contributed by atoms with Gasteiger partial charge in [-0.25, -0.2) is 9.67 Å². The molecule has 2 aliphatic rings. The normalized spacial score (nSPS) is 21.5. The molecule has 0 amide bonds. The van der Waals surface area contributed by atoms with Crippen molar-refractivity contribution in [2.24, 2.45) is 7.05 Å². The molecule has 3 aromatic heterocycles. The van der Waals surface area contributed by atoms with Gasteiger partial charge in [-0.3, -0.25) is 4.68 Å². The van der Waals surface area contributed by atoms with Gasteiger partial charge in [-0.1, -0.05) is 0 Å². The highest BCUT2D eigenvalue weighted by Gasteiger charge is 2.26. The average Bonchev–Trinajstić information content (AvgIpc) is 3.54.